The van der Waals surface area contributed by atoms with E-state index in [0.29, 0.717) is 5.95 Å². The molecule has 2 aromatic rings. The Kier molecular flexibility index (Phi) is 4.02. The van der Waals surface area contributed by atoms with Crippen LogP contribution >= 0.6 is 0 Å². The molecule has 0 N–H and O–H groups in total. The van der Waals surface area contributed by atoms with E-state index in [9.17, 15) is 4.79 Å². The Morgan fingerprint density at radius 3 is 2.43 bits per heavy atom. The quantitative estimate of drug-likeness (QED) is 0.867. The van der Waals surface area contributed by atoms with Crippen LogP contribution in [-0.2, 0) is 0 Å². The first-order valence-corrected chi connectivity index (χ1v) is 6.76. The van der Waals surface area contributed by atoms with Crippen molar-refractivity contribution in [2.24, 2.45) is 0 Å². The van der Waals surface area contributed by atoms with Gasteiger partial charge in [0.1, 0.15) is 5.65 Å². The maximum Gasteiger partial charge on any atom is 0.416 e. The SMILES string of the molecule is CC(C)n1ccc2c(OC(=O)N(C)C)nc(N(C)C)nc21. The number of hydrogen-bond donors (Lipinski definition) is 0. The van der Waals surface area contributed by atoms with E-state index in [2.05, 4.69) is 23.8 Å². The average Bonchev–Trinajstić information content (AvgIpc) is 2.82. The van der Waals surface area contributed by atoms with Crippen molar-refractivity contribution >= 4 is 23.1 Å². The van der Waals surface area contributed by atoms with Crippen molar-refractivity contribution in [2.45, 2.75) is 19.9 Å². The lowest BCUT2D eigenvalue weighted by molar-refractivity contribution is 0.170. The molecule has 2 rings (SSSR count). The second-order valence-corrected chi connectivity index (χ2v) is 5.54. The first-order valence-electron chi connectivity index (χ1n) is 6.76. The summed E-state index contributed by atoms with van der Waals surface area (Å²) in [4.78, 5) is 23.8. The van der Waals surface area contributed by atoms with Crippen molar-refractivity contribution in [1.82, 2.24) is 19.4 Å². The van der Waals surface area contributed by atoms with Crippen molar-refractivity contribution in [3.63, 3.8) is 0 Å². The monoisotopic (exact) mass is 291 g/mol. The number of fused-ring (bicyclic) bond motifs is 1. The molecule has 0 bridgehead atoms. The molecule has 0 unspecified atom stereocenters. The van der Waals surface area contributed by atoms with E-state index in [0.717, 1.165) is 11.0 Å². The number of aromatic nitrogens is 3. The molecular weight excluding hydrogens is 270 g/mol. The Balaban J connectivity index is 2.60. The largest absolute Gasteiger partial charge is 0.416 e. The molecule has 0 aromatic carbocycles. The van der Waals surface area contributed by atoms with Gasteiger partial charge in [0.05, 0.1) is 5.39 Å². The molecule has 2 heterocycles. The number of nitrogens with zero attached hydrogens (tertiary/aromatic N) is 5. The second-order valence-electron chi connectivity index (χ2n) is 5.54. The Labute approximate surface area is 124 Å². The summed E-state index contributed by atoms with van der Waals surface area (Å²) in [5, 5.41) is 0.726. The van der Waals surface area contributed by atoms with Gasteiger partial charge in [0.15, 0.2) is 0 Å². The van der Waals surface area contributed by atoms with Crippen LogP contribution in [0.25, 0.3) is 11.0 Å². The summed E-state index contributed by atoms with van der Waals surface area (Å²) in [5.74, 6) is 0.784. The molecule has 0 spiro atoms. The maximum atomic E-state index is 11.8. The maximum absolute atomic E-state index is 11.8. The Morgan fingerprint density at radius 1 is 1.24 bits per heavy atom. The van der Waals surface area contributed by atoms with Crippen LogP contribution in [0.1, 0.15) is 19.9 Å². The van der Waals surface area contributed by atoms with Gasteiger partial charge in [-0.1, -0.05) is 0 Å². The van der Waals surface area contributed by atoms with E-state index >= 15 is 0 Å². The predicted molar refractivity (Wildman–Crippen MR) is 82.0 cm³/mol. The minimum Gasteiger partial charge on any atom is -0.390 e. The van der Waals surface area contributed by atoms with Crippen LogP contribution in [0.15, 0.2) is 12.3 Å². The molecule has 21 heavy (non-hydrogen) atoms. The van der Waals surface area contributed by atoms with E-state index in [-0.39, 0.29) is 11.9 Å². The van der Waals surface area contributed by atoms with Crippen LogP contribution in [0.4, 0.5) is 10.7 Å². The number of amides is 1. The number of anilines is 1. The zero-order valence-corrected chi connectivity index (χ0v) is 13.3. The third kappa shape index (κ3) is 2.91. The highest BCUT2D eigenvalue weighted by Crippen LogP contribution is 2.28. The fourth-order valence-electron chi connectivity index (χ4n) is 1.86. The zero-order valence-electron chi connectivity index (χ0n) is 13.3. The molecule has 0 atom stereocenters. The van der Waals surface area contributed by atoms with Crippen LogP contribution in [-0.4, -0.2) is 53.7 Å². The third-order valence-corrected chi connectivity index (χ3v) is 3.03. The summed E-state index contributed by atoms with van der Waals surface area (Å²) in [7, 11) is 6.96. The first-order chi connectivity index (χ1) is 9.81. The number of rotatable bonds is 3. The van der Waals surface area contributed by atoms with Gasteiger partial charge in [-0.25, -0.2) is 4.79 Å². The van der Waals surface area contributed by atoms with E-state index in [4.69, 9.17) is 4.74 Å². The third-order valence-electron chi connectivity index (χ3n) is 3.03. The van der Waals surface area contributed by atoms with Crippen molar-refractivity contribution in [3.05, 3.63) is 12.3 Å². The molecule has 114 valence electrons. The topological polar surface area (TPSA) is 63.5 Å². The predicted octanol–water partition coefficient (Wildman–Crippen LogP) is 2.14. The molecule has 7 heteroatoms. The zero-order chi connectivity index (χ0) is 15.7. The summed E-state index contributed by atoms with van der Waals surface area (Å²) in [6.45, 7) is 4.14. The normalized spacial score (nSPS) is 11.0. The van der Waals surface area contributed by atoms with Crippen LogP contribution in [0.3, 0.4) is 0 Å². The van der Waals surface area contributed by atoms with E-state index in [1.165, 1.54) is 4.90 Å². The van der Waals surface area contributed by atoms with Gasteiger partial charge in [-0.05, 0) is 19.9 Å². The van der Waals surface area contributed by atoms with Crippen molar-refractivity contribution < 1.29 is 9.53 Å². The second kappa shape index (κ2) is 5.59. The standard InChI is InChI=1S/C14H21N5O2/c1-9(2)19-8-7-10-11(19)15-13(17(3)4)16-12(10)21-14(20)18(5)6/h7-9H,1-6H3. The van der Waals surface area contributed by atoms with Gasteiger partial charge >= 0.3 is 6.09 Å². The summed E-state index contributed by atoms with van der Waals surface area (Å²) in [5.41, 5.74) is 0.755. The molecule has 0 saturated carbocycles. The summed E-state index contributed by atoms with van der Waals surface area (Å²) in [6.07, 6.45) is 1.47. The molecule has 0 aliphatic rings. The Bertz CT molecular complexity index is 661. The first kappa shape index (κ1) is 15.1. The van der Waals surface area contributed by atoms with Crippen LogP contribution in [0.2, 0.25) is 0 Å². The number of hydrogen-bond acceptors (Lipinski definition) is 5. The van der Waals surface area contributed by atoms with E-state index in [1.807, 2.05) is 30.9 Å². The Morgan fingerprint density at radius 2 is 1.90 bits per heavy atom. The van der Waals surface area contributed by atoms with Gasteiger partial charge < -0.3 is 19.1 Å². The van der Waals surface area contributed by atoms with Gasteiger partial charge in [-0.2, -0.15) is 9.97 Å². The molecule has 1 amide bonds. The fraction of sp³-hybridized carbons (Fsp3) is 0.500. The molecule has 2 aromatic heterocycles. The molecule has 0 fully saturated rings. The molecule has 0 aliphatic carbocycles. The number of carbonyl (C=O) groups is 1. The van der Waals surface area contributed by atoms with E-state index in [1.54, 1.807) is 19.0 Å². The summed E-state index contributed by atoms with van der Waals surface area (Å²) < 4.78 is 7.39. The highest BCUT2D eigenvalue weighted by molar-refractivity contribution is 5.85. The van der Waals surface area contributed by atoms with Crippen LogP contribution in [0, 0.1) is 0 Å². The van der Waals surface area contributed by atoms with Gasteiger partial charge in [-0.15, -0.1) is 0 Å². The highest BCUT2D eigenvalue weighted by atomic mass is 16.6. The van der Waals surface area contributed by atoms with Crippen LogP contribution in [0.5, 0.6) is 5.88 Å². The summed E-state index contributed by atoms with van der Waals surface area (Å²) in [6, 6.07) is 2.12. The molecule has 7 nitrogen and oxygen atoms in total. The lowest BCUT2D eigenvalue weighted by Gasteiger charge is -2.15. The summed E-state index contributed by atoms with van der Waals surface area (Å²) >= 11 is 0. The lowest BCUT2D eigenvalue weighted by Crippen LogP contribution is -2.26. The van der Waals surface area contributed by atoms with Gasteiger partial charge in [0, 0.05) is 40.4 Å². The minimum atomic E-state index is -0.461. The number of ether oxygens (including phenoxy) is 1. The average molecular weight is 291 g/mol. The molecule has 0 saturated heterocycles. The van der Waals surface area contributed by atoms with Crippen LogP contribution < -0.4 is 9.64 Å². The molecule has 0 aliphatic heterocycles. The van der Waals surface area contributed by atoms with Gasteiger partial charge in [-0.3, -0.25) is 0 Å². The lowest BCUT2D eigenvalue weighted by atomic mass is 10.4. The number of carbonyl (C=O) groups excluding carboxylic acids is 1. The molecule has 0 radical (unpaired) electrons. The minimum absolute atomic E-state index is 0.254. The van der Waals surface area contributed by atoms with E-state index < -0.39 is 6.09 Å². The van der Waals surface area contributed by atoms with Crippen molar-refractivity contribution in [3.8, 4) is 5.88 Å². The highest BCUT2D eigenvalue weighted by Gasteiger charge is 2.18. The smallest absolute Gasteiger partial charge is 0.390 e. The van der Waals surface area contributed by atoms with Gasteiger partial charge in [0.2, 0.25) is 11.8 Å². The molecular formula is C14H21N5O2. The fourth-order valence-corrected chi connectivity index (χ4v) is 1.86. The van der Waals surface area contributed by atoms with Crippen molar-refractivity contribution in [1.29, 1.82) is 0 Å². The Hall–Kier alpha value is -2.31. The van der Waals surface area contributed by atoms with Gasteiger partial charge in [0.25, 0.3) is 0 Å². The van der Waals surface area contributed by atoms with Crippen molar-refractivity contribution in [2.75, 3.05) is 33.1 Å².